The Kier molecular flexibility index (Phi) is 3.11. The van der Waals surface area contributed by atoms with Crippen LogP contribution in [0.2, 0.25) is 0 Å². The highest BCUT2D eigenvalue weighted by atomic mass is 16.5. The van der Waals surface area contributed by atoms with E-state index in [0.29, 0.717) is 0 Å². The molecule has 0 bridgehead atoms. The van der Waals surface area contributed by atoms with Crippen LogP contribution in [-0.2, 0) is 7.05 Å². The number of nitrogens with zero attached hydrogens (tertiary/aromatic N) is 2. The Morgan fingerprint density at radius 1 is 1.08 bits per heavy atom. The predicted octanol–water partition coefficient (Wildman–Crippen LogP) is 3.04. The zero-order chi connectivity index (χ0) is 18.0. The zero-order valence-electron chi connectivity index (χ0n) is 15.4. The molecule has 0 saturated carbocycles. The first kappa shape index (κ1) is 15.3. The third-order valence-corrected chi connectivity index (χ3v) is 5.37. The van der Waals surface area contributed by atoms with Gasteiger partial charge >= 0.3 is 7.05 Å². The van der Waals surface area contributed by atoms with Crippen molar-refractivity contribution in [3.8, 4) is 22.6 Å². The minimum atomic E-state index is -0.159. The van der Waals surface area contributed by atoms with E-state index in [9.17, 15) is 0 Å². The predicted molar refractivity (Wildman–Crippen MR) is 104 cm³/mol. The lowest BCUT2D eigenvalue weighted by Gasteiger charge is -2.26. The summed E-state index contributed by atoms with van der Waals surface area (Å²) in [6, 6.07) is 14.8. The van der Waals surface area contributed by atoms with E-state index in [0.717, 1.165) is 28.6 Å². The maximum Gasteiger partial charge on any atom is 0.648 e. The van der Waals surface area contributed by atoms with Crippen LogP contribution < -0.4 is 24.2 Å². The summed E-state index contributed by atoms with van der Waals surface area (Å²) in [6.45, 7) is 4.23. The Morgan fingerprint density at radius 2 is 1.88 bits per heavy atom. The second-order valence-corrected chi connectivity index (χ2v) is 7.03. The average Bonchev–Trinajstić information content (AvgIpc) is 3.02. The summed E-state index contributed by atoms with van der Waals surface area (Å²) in [6.07, 6.45) is 2.16. The molecule has 2 aliphatic heterocycles. The molecule has 2 aromatic carbocycles. The van der Waals surface area contributed by atoms with E-state index < -0.39 is 0 Å². The van der Waals surface area contributed by atoms with Crippen molar-refractivity contribution in [1.82, 2.24) is 0 Å². The Labute approximate surface area is 153 Å². The second-order valence-electron chi connectivity index (χ2n) is 7.03. The quantitative estimate of drug-likeness (QED) is 0.502. The molecule has 0 amide bonds. The summed E-state index contributed by atoms with van der Waals surface area (Å²) in [4.78, 5) is 2.31. The molecular formula is C21H20BN2O2+. The molecule has 5 rings (SSSR count). The lowest BCUT2D eigenvalue weighted by molar-refractivity contribution is -0.657. The number of aromatic nitrogens is 1. The smallest absolute Gasteiger partial charge is 0.514 e. The Morgan fingerprint density at radius 3 is 2.69 bits per heavy atom. The van der Waals surface area contributed by atoms with Gasteiger partial charge in [0.15, 0.2) is 5.69 Å². The Hall–Kier alpha value is -2.95. The van der Waals surface area contributed by atoms with Gasteiger partial charge in [0.2, 0.25) is 0 Å². The van der Waals surface area contributed by atoms with E-state index in [4.69, 9.17) is 9.39 Å². The fraction of sp³-hybridized carbons (Fsp3) is 0.190. The van der Waals surface area contributed by atoms with Crippen molar-refractivity contribution in [3.05, 3.63) is 59.8 Å². The van der Waals surface area contributed by atoms with E-state index in [2.05, 4.69) is 66.8 Å². The maximum absolute atomic E-state index is 6.42. The fourth-order valence-electron chi connectivity index (χ4n) is 4.32. The van der Waals surface area contributed by atoms with Gasteiger partial charge in [0, 0.05) is 11.0 Å². The van der Waals surface area contributed by atoms with E-state index in [1.54, 1.807) is 7.11 Å². The number of hydrogen-bond donors (Lipinski definition) is 0. The largest absolute Gasteiger partial charge is 0.648 e. The van der Waals surface area contributed by atoms with Crippen molar-refractivity contribution >= 4 is 24.0 Å². The van der Waals surface area contributed by atoms with Gasteiger partial charge in [-0.25, -0.2) is 9.38 Å². The second kappa shape index (κ2) is 5.27. The van der Waals surface area contributed by atoms with Crippen molar-refractivity contribution in [2.45, 2.75) is 13.8 Å². The monoisotopic (exact) mass is 343 g/mol. The third-order valence-electron chi connectivity index (χ3n) is 5.37. The molecule has 2 aliphatic rings. The normalized spacial score (nSPS) is 13.5. The highest BCUT2D eigenvalue weighted by Gasteiger charge is 2.54. The first-order chi connectivity index (χ1) is 12.6. The molecule has 0 aliphatic carbocycles. The van der Waals surface area contributed by atoms with E-state index in [-0.39, 0.29) is 7.05 Å². The van der Waals surface area contributed by atoms with Crippen LogP contribution in [0.1, 0.15) is 11.1 Å². The first-order valence-corrected chi connectivity index (χ1v) is 8.83. The number of anilines is 2. The van der Waals surface area contributed by atoms with Gasteiger partial charge in [0.05, 0.1) is 25.9 Å². The Balaban J connectivity index is 1.86. The van der Waals surface area contributed by atoms with Crippen LogP contribution in [0.15, 0.2) is 48.7 Å². The number of methoxy groups -OCH3 is 1. The van der Waals surface area contributed by atoms with Crippen LogP contribution in [0.4, 0.5) is 11.5 Å². The molecule has 0 atom stereocenters. The average molecular weight is 343 g/mol. The molecule has 5 heteroatoms. The number of hydrogen-bond acceptors (Lipinski definition) is 3. The molecule has 0 N–H and O–H groups in total. The molecule has 3 heterocycles. The molecule has 26 heavy (non-hydrogen) atoms. The van der Waals surface area contributed by atoms with Gasteiger partial charge in [-0.2, -0.15) is 0 Å². The molecule has 128 valence electrons. The highest BCUT2D eigenvalue weighted by molar-refractivity contribution is 6.77. The molecule has 0 fully saturated rings. The molecule has 4 nitrogen and oxygen atoms in total. The number of pyridine rings is 1. The standard InChI is InChI=1S/C21H20BN2O2/c1-13-11-16-15-7-5-6-8-17(15)22-24(21(16)23(3)12-13)20-14(2)18(25-4)9-10-19(20)26-22/h5-12H,1-4H3/q+1. The van der Waals surface area contributed by atoms with Crippen LogP contribution >= 0.6 is 0 Å². The van der Waals surface area contributed by atoms with Crippen LogP contribution in [0.5, 0.6) is 11.5 Å². The molecule has 0 radical (unpaired) electrons. The van der Waals surface area contributed by atoms with Crippen molar-refractivity contribution in [2.75, 3.05) is 11.9 Å². The van der Waals surface area contributed by atoms with Gasteiger partial charge in [-0.3, -0.25) is 0 Å². The van der Waals surface area contributed by atoms with Crippen molar-refractivity contribution in [2.24, 2.45) is 7.05 Å². The number of rotatable bonds is 1. The van der Waals surface area contributed by atoms with Crippen LogP contribution in [0, 0.1) is 13.8 Å². The topological polar surface area (TPSA) is 25.6 Å². The van der Waals surface area contributed by atoms with Gasteiger partial charge in [0.25, 0.3) is 5.82 Å². The van der Waals surface area contributed by atoms with Gasteiger partial charge in [0.1, 0.15) is 11.5 Å². The third kappa shape index (κ3) is 1.88. The highest BCUT2D eigenvalue weighted by Crippen LogP contribution is 2.49. The van der Waals surface area contributed by atoms with E-state index in [1.807, 2.05) is 12.1 Å². The van der Waals surface area contributed by atoms with Gasteiger partial charge in [-0.15, -0.1) is 0 Å². The number of aryl methyl sites for hydroxylation is 2. The fourth-order valence-corrected chi connectivity index (χ4v) is 4.32. The SMILES string of the molecule is COc1ccc2c(c1C)N1B(O2)c2ccccc2-c2cc(C)c[n+](C)c21. The molecule has 0 saturated heterocycles. The maximum atomic E-state index is 6.42. The van der Waals surface area contributed by atoms with Crippen LogP contribution in [-0.4, -0.2) is 14.2 Å². The minimum Gasteiger partial charge on any atom is -0.514 e. The summed E-state index contributed by atoms with van der Waals surface area (Å²) < 4.78 is 14.2. The van der Waals surface area contributed by atoms with E-state index >= 15 is 0 Å². The molecular weight excluding hydrogens is 323 g/mol. The molecule has 0 unspecified atom stereocenters. The van der Waals surface area contributed by atoms with Gasteiger partial charge in [-0.1, -0.05) is 24.3 Å². The summed E-state index contributed by atoms with van der Waals surface area (Å²) in [5.41, 5.74) is 7.09. The van der Waals surface area contributed by atoms with Crippen molar-refractivity contribution in [3.63, 3.8) is 0 Å². The number of ether oxygens (including phenoxy) is 1. The number of fused-ring (bicyclic) bond motifs is 8. The molecule has 3 aromatic rings. The van der Waals surface area contributed by atoms with E-state index in [1.165, 1.54) is 22.2 Å². The first-order valence-electron chi connectivity index (χ1n) is 8.83. The lowest BCUT2D eigenvalue weighted by atomic mass is 9.65. The van der Waals surface area contributed by atoms with Crippen LogP contribution in [0.3, 0.4) is 0 Å². The van der Waals surface area contributed by atoms with Gasteiger partial charge in [-0.05, 0) is 43.2 Å². The minimum absolute atomic E-state index is 0.159. The zero-order valence-corrected chi connectivity index (χ0v) is 15.4. The summed E-state index contributed by atoms with van der Waals surface area (Å²) in [5, 5.41) is 0. The lowest BCUT2D eigenvalue weighted by Crippen LogP contribution is -2.54. The van der Waals surface area contributed by atoms with Gasteiger partial charge < -0.3 is 9.39 Å². The molecule has 1 aromatic heterocycles. The Bertz CT molecular complexity index is 1060. The summed E-state index contributed by atoms with van der Waals surface area (Å²) >= 11 is 0. The van der Waals surface area contributed by atoms with Crippen molar-refractivity contribution in [1.29, 1.82) is 0 Å². The summed E-state index contributed by atoms with van der Waals surface area (Å²) in [7, 11) is 3.66. The van der Waals surface area contributed by atoms with Crippen LogP contribution in [0.25, 0.3) is 11.1 Å². The number of benzene rings is 2. The van der Waals surface area contributed by atoms with Crippen molar-refractivity contribution < 1.29 is 14.0 Å². The summed E-state index contributed by atoms with van der Waals surface area (Å²) in [5.74, 6) is 2.93. The molecule has 0 spiro atoms.